The molecule has 26 heavy (non-hydrogen) atoms. The second kappa shape index (κ2) is 6.84. The summed E-state index contributed by atoms with van der Waals surface area (Å²) in [5, 5.41) is 16.1. The second-order valence-electron chi connectivity index (χ2n) is 8.80. The van der Waals surface area contributed by atoms with Crippen molar-refractivity contribution in [2.45, 2.75) is 58.3 Å². The Balaban J connectivity index is 1.36. The first kappa shape index (κ1) is 17.8. The number of phenolic OH excluding ortho intramolecular Hbond substituents is 1. The van der Waals surface area contributed by atoms with E-state index in [4.69, 9.17) is 12.2 Å². The molecule has 4 saturated carbocycles. The molecule has 0 spiro atoms. The smallest absolute Gasteiger partial charge is 0.226 e. The van der Waals surface area contributed by atoms with E-state index in [1.54, 1.807) is 6.07 Å². The molecule has 5 rings (SSSR count). The third kappa shape index (κ3) is 3.59. The van der Waals surface area contributed by atoms with E-state index in [1.165, 1.54) is 38.5 Å². The third-order valence-corrected chi connectivity index (χ3v) is 6.88. The van der Waals surface area contributed by atoms with E-state index in [-0.39, 0.29) is 22.2 Å². The van der Waals surface area contributed by atoms with E-state index in [2.05, 4.69) is 17.6 Å². The van der Waals surface area contributed by atoms with Crippen LogP contribution in [0.3, 0.4) is 0 Å². The summed E-state index contributed by atoms with van der Waals surface area (Å²) >= 11 is 5.31. The van der Waals surface area contributed by atoms with Crippen molar-refractivity contribution in [1.29, 1.82) is 0 Å². The van der Waals surface area contributed by atoms with Gasteiger partial charge in [0.05, 0.1) is 5.69 Å². The largest absolute Gasteiger partial charge is 0.506 e. The zero-order valence-corrected chi connectivity index (χ0v) is 16.2. The Labute approximate surface area is 160 Å². The molecule has 4 nitrogen and oxygen atoms in total. The quantitative estimate of drug-likeness (QED) is 0.542. The molecule has 0 saturated heterocycles. The Kier molecular flexibility index (Phi) is 4.68. The number of thiocarbonyl (C=S) groups is 1. The summed E-state index contributed by atoms with van der Waals surface area (Å²) in [5.41, 5.74) is 1.86. The van der Waals surface area contributed by atoms with Crippen LogP contribution < -0.4 is 10.6 Å². The zero-order chi connectivity index (χ0) is 18.3. The molecule has 0 unspecified atom stereocenters. The number of carbonyl (C=O) groups excluding carboxylic acids is 1. The van der Waals surface area contributed by atoms with Crippen molar-refractivity contribution < 1.29 is 9.90 Å². The monoisotopic (exact) mass is 372 g/mol. The van der Waals surface area contributed by atoms with Crippen LogP contribution in [0.2, 0.25) is 0 Å². The van der Waals surface area contributed by atoms with Gasteiger partial charge in [0.2, 0.25) is 5.91 Å². The summed E-state index contributed by atoms with van der Waals surface area (Å²) < 4.78 is 0. The van der Waals surface area contributed by atoms with Crippen molar-refractivity contribution in [3.05, 3.63) is 23.8 Å². The molecule has 0 aliphatic heterocycles. The molecule has 4 aliphatic carbocycles. The molecule has 4 bridgehead atoms. The highest BCUT2D eigenvalue weighted by atomic mass is 32.1. The van der Waals surface area contributed by atoms with Crippen molar-refractivity contribution in [1.82, 2.24) is 5.32 Å². The minimum Gasteiger partial charge on any atom is -0.506 e. The minimum absolute atomic E-state index is 0.00980. The predicted octanol–water partition coefficient (Wildman–Crippen LogP) is 4.37. The average molecular weight is 373 g/mol. The van der Waals surface area contributed by atoms with Gasteiger partial charge in [0.15, 0.2) is 5.11 Å². The minimum atomic E-state index is 0.00980. The molecule has 0 aromatic heterocycles. The lowest BCUT2D eigenvalue weighted by molar-refractivity contribution is -0.127. The Hall–Kier alpha value is -1.62. The molecule has 5 heteroatoms. The van der Waals surface area contributed by atoms with E-state index in [0.717, 1.165) is 29.7 Å². The highest BCUT2D eigenvalue weighted by Crippen LogP contribution is 2.61. The Morgan fingerprint density at radius 1 is 1.19 bits per heavy atom. The lowest BCUT2D eigenvalue weighted by atomic mass is 9.49. The fourth-order valence-electron chi connectivity index (χ4n) is 6.07. The number of carbonyl (C=O) groups is 1. The van der Waals surface area contributed by atoms with Crippen molar-refractivity contribution in [2.75, 3.05) is 5.32 Å². The van der Waals surface area contributed by atoms with Crippen LogP contribution in [0.4, 0.5) is 5.69 Å². The summed E-state index contributed by atoms with van der Waals surface area (Å²) in [6.07, 6.45) is 9.25. The molecule has 0 atom stereocenters. The number of anilines is 1. The molecule has 0 heterocycles. The average Bonchev–Trinajstić information content (AvgIpc) is 2.54. The number of nitrogens with one attached hydrogen (secondary N) is 2. The number of amides is 1. The molecule has 1 aromatic rings. The molecule has 4 fully saturated rings. The SMILES string of the molecule is CCc1ccc(O)c(NC(=S)NC(=O)CC23CC4CC(CC(C4)C2)C3)c1. The fourth-order valence-corrected chi connectivity index (χ4v) is 6.30. The van der Waals surface area contributed by atoms with Crippen LogP contribution in [0.25, 0.3) is 0 Å². The van der Waals surface area contributed by atoms with Gasteiger partial charge < -0.3 is 15.7 Å². The van der Waals surface area contributed by atoms with Gasteiger partial charge in [-0.3, -0.25) is 4.79 Å². The van der Waals surface area contributed by atoms with Crippen molar-refractivity contribution in [3.8, 4) is 5.75 Å². The first-order valence-electron chi connectivity index (χ1n) is 9.87. The van der Waals surface area contributed by atoms with Gasteiger partial charge >= 0.3 is 0 Å². The lowest BCUT2D eigenvalue weighted by Crippen LogP contribution is -2.48. The number of hydrogen-bond donors (Lipinski definition) is 3. The van der Waals surface area contributed by atoms with Gasteiger partial charge in [-0.15, -0.1) is 0 Å². The van der Waals surface area contributed by atoms with Gasteiger partial charge in [-0.25, -0.2) is 0 Å². The van der Waals surface area contributed by atoms with Crippen LogP contribution in [0.15, 0.2) is 18.2 Å². The van der Waals surface area contributed by atoms with E-state index < -0.39 is 0 Å². The van der Waals surface area contributed by atoms with E-state index in [0.29, 0.717) is 12.1 Å². The summed E-state index contributed by atoms with van der Waals surface area (Å²) in [4.78, 5) is 12.6. The number of hydrogen-bond acceptors (Lipinski definition) is 3. The zero-order valence-electron chi connectivity index (χ0n) is 15.4. The van der Waals surface area contributed by atoms with Crippen molar-refractivity contribution >= 4 is 28.9 Å². The highest BCUT2D eigenvalue weighted by molar-refractivity contribution is 7.80. The van der Waals surface area contributed by atoms with E-state index >= 15 is 0 Å². The number of aryl methyl sites for hydroxylation is 1. The second-order valence-corrected chi connectivity index (χ2v) is 9.21. The molecular formula is C21H28N2O2S. The summed E-state index contributed by atoms with van der Waals surface area (Å²) in [5.74, 6) is 2.67. The normalized spacial score (nSPS) is 31.7. The van der Waals surface area contributed by atoms with Crippen LogP contribution in [0.5, 0.6) is 5.75 Å². The van der Waals surface area contributed by atoms with Crippen LogP contribution in [0, 0.1) is 23.2 Å². The standard InChI is InChI=1S/C21H28N2O2S/c1-2-13-3-4-18(24)17(8-13)22-20(26)23-19(25)12-21-9-14-5-15(10-21)7-16(6-14)11-21/h3-4,8,14-16,24H,2,5-7,9-12H2,1H3,(H2,22,23,25,26). The molecule has 4 aliphatic rings. The molecule has 0 radical (unpaired) electrons. The van der Waals surface area contributed by atoms with Gasteiger partial charge in [-0.05, 0) is 98.0 Å². The summed E-state index contributed by atoms with van der Waals surface area (Å²) in [6, 6.07) is 5.41. The molecule has 3 N–H and O–H groups in total. The maximum Gasteiger partial charge on any atom is 0.226 e. The van der Waals surface area contributed by atoms with Gasteiger partial charge in [-0.1, -0.05) is 13.0 Å². The van der Waals surface area contributed by atoms with Crippen LogP contribution in [-0.4, -0.2) is 16.1 Å². The lowest BCUT2D eigenvalue weighted by Gasteiger charge is -2.56. The molecule has 1 aromatic carbocycles. The number of benzene rings is 1. The Morgan fingerprint density at radius 2 is 1.81 bits per heavy atom. The predicted molar refractivity (Wildman–Crippen MR) is 107 cm³/mol. The van der Waals surface area contributed by atoms with Gasteiger partial charge in [0, 0.05) is 6.42 Å². The maximum atomic E-state index is 12.6. The fraction of sp³-hybridized carbons (Fsp3) is 0.619. The number of aromatic hydroxyl groups is 1. The first-order valence-corrected chi connectivity index (χ1v) is 10.3. The Morgan fingerprint density at radius 3 is 2.38 bits per heavy atom. The van der Waals surface area contributed by atoms with Crippen molar-refractivity contribution in [2.24, 2.45) is 23.2 Å². The molecule has 140 valence electrons. The van der Waals surface area contributed by atoms with Crippen LogP contribution in [0.1, 0.15) is 57.4 Å². The third-order valence-electron chi connectivity index (χ3n) is 6.67. The molecular weight excluding hydrogens is 344 g/mol. The van der Waals surface area contributed by atoms with E-state index in [1.807, 2.05) is 12.1 Å². The first-order chi connectivity index (χ1) is 12.4. The van der Waals surface area contributed by atoms with Gasteiger partial charge in [0.1, 0.15) is 5.75 Å². The van der Waals surface area contributed by atoms with Crippen LogP contribution in [-0.2, 0) is 11.2 Å². The highest BCUT2D eigenvalue weighted by Gasteiger charge is 2.51. The van der Waals surface area contributed by atoms with Gasteiger partial charge in [-0.2, -0.15) is 0 Å². The summed E-state index contributed by atoms with van der Waals surface area (Å²) in [6.45, 7) is 2.06. The van der Waals surface area contributed by atoms with E-state index in [9.17, 15) is 9.90 Å². The maximum absolute atomic E-state index is 12.6. The van der Waals surface area contributed by atoms with Crippen molar-refractivity contribution in [3.63, 3.8) is 0 Å². The summed E-state index contributed by atoms with van der Waals surface area (Å²) in [7, 11) is 0. The van der Waals surface area contributed by atoms with Crippen LogP contribution >= 0.6 is 12.2 Å². The topological polar surface area (TPSA) is 61.4 Å². The molecule has 1 amide bonds. The number of phenols is 1. The Bertz CT molecular complexity index is 695. The number of rotatable bonds is 4. The van der Waals surface area contributed by atoms with Gasteiger partial charge in [0.25, 0.3) is 0 Å².